The molecule has 3 nitrogen and oxygen atoms in total. The van der Waals surface area contributed by atoms with E-state index in [1.807, 2.05) is 0 Å². The van der Waals surface area contributed by atoms with Crippen molar-refractivity contribution >= 4 is 17.2 Å². The molecule has 1 aliphatic heterocycles. The number of carbonyl (C=O) groups is 1. The number of hydrogen-bond acceptors (Lipinski definition) is 3. The Labute approximate surface area is 131 Å². The largest absolute Gasteiger partial charge is 0.321 e. The van der Waals surface area contributed by atoms with Gasteiger partial charge in [-0.05, 0) is 52.5 Å². The number of thiophene rings is 1. The molecule has 1 amide bonds. The van der Waals surface area contributed by atoms with Crippen LogP contribution in [0.15, 0.2) is 16.8 Å². The van der Waals surface area contributed by atoms with E-state index in [9.17, 15) is 4.79 Å². The third-order valence-electron chi connectivity index (χ3n) is 5.33. The lowest BCUT2D eigenvalue weighted by molar-refractivity contribution is -0.131. The molecule has 2 fully saturated rings. The van der Waals surface area contributed by atoms with Crippen LogP contribution in [-0.2, 0) is 4.79 Å². The molecule has 116 valence electrons. The van der Waals surface area contributed by atoms with Crippen molar-refractivity contribution in [1.29, 1.82) is 0 Å². The topological polar surface area (TPSA) is 32.3 Å². The molecule has 2 heterocycles. The second-order valence-electron chi connectivity index (χ2n) is 7.33. The molecule has 1 aliphatic carbocycles. The molecule has 2 aliphatic rings. The molecule has 1 N–H and O–H groups in total. The SMILES string of the molecule is CC(C)C1NC(c2ccsc2)N(CC2(C(C)C)CC2)C1=O. The van der Waals surface area contributed by atoms with Crippen LogP contribution in [0.25, 0.3) is 0 Å². The van der Waals surface area contributed by atoms with Crippen molar-refractivity contribution < 1.29 is 4.79 Å². The highest BCUT2D eigenvalue weighted by Gasteiger charge is 2.51. The van der Waals surface area contributed by atoms with Crippen molar-refractivity contribution in [3.63, 3.8) is 0 Å². The van der Waals surface area contributed by atoms with Crippen LogP contribution in [0, 0.1) is 17.3 Å². The monoisotopic (exact) mass is 306 g/mol. The molecule has 1 aromatic heterocycles. The third-order valence-corrected chi connectivity index (χ3v) is 6.03. The van der Waals surface area contributed by atoms with E-state index >= 15 is 0 Å². The van der Waals surface area contributed by atoms with Crippen LogP contribution in [0.3, 0.4) is 0 Å². The molecule has 21 heavy (non-hydrogen) atoms. The van der Waals surface area contributed by atoms with E-state index in [-0.39, 0.29) is 18.1 Å². The Kier molecular flexibility index (Phi) is 3.87. The van der Waals surface area contributed by atoms with Gasteiger partial charge in [-0.25, -0.2) is 0 Å². The van der Waals surface area contributed by atoms with Gasteiger partial charge in [-0.2, -0.15) is 11.3 Å². The Morgan fingerprint density at radius 2 is 2.10 bits per heavy atom. The second kappa shape index (κ2) is 5.40. The number of hydrogen-bond donors (Lipinski definition) is 1. The van der Waals surface area contributed by atoms with Gasteiger partial charge >= 0.3 is 0 Å². The standard InChI is InChI=1S/C17H26N2OS/c1-11(2)14-16(20)19(10-17(6-7-17)12(3)4)15(18-14)13-5-8-21-9-13/h5,8-9,11-12,14-15,18H,6-7,10H2,1-4H3. The van der Waals surface area contributed by atoms with E-state index in [2.05, 4.69) is 54.7 Å². The van der Waals surface area contributed by atoms with Gasteiger partial charge in [0.05, 0.1) is 6.04 Å². The highest BCUT2D eigenvalue weighted by atomic mass is 32.1. The third kappa shape index (κ3) is 2.64. The Morgan fingerprint density at radius 3 is 2.57 bits per heavy atom. The molecule has 0 bridgehead atoms. The minimum absolute atomic E-state index is 0.0436. The molecular formula is C17H26N2OS. The zero-order chi connectivity index (χ0) is 15.2. The first-order chi connectivity index (χ1) is 9.94. The van der Waals surface area contributed by atoms with Crippen molar-refractivity contribution in [3.8, 4) is 0 Å². The molecule has 2 atom stereocenters. The Morgan fingerprint density at radius 1 is 1.38 bits per heavy atom. The summed E-state index contributed by atoms with van der Waals surface area (Å²) in [5, 5.41) is 7.82. The first-order valence-electron chi connectivity index (χ1n) is 8.03. The molecule has 1 saturated carbocycles. The molecule has 0 aromatic carbocycles. The average Bonchev–Trinajstić information content (AvgIpc) is 2.88. The summed E-state index contributed by atoms with van der Waals surface area (Å²) >= 11 is 1.70. The molecule has 1 saturated heterocycles. The van der Waals surface area contributed by atoms with E-state index in [4.69, 9.17) is 0 Å². The van der Waals surface area contributed by atoms with Crippen LogP contribution >= 0.6 is 11.3 Å². The normalized spacial score (nSPS) is 27.9. The van der Waals surface area contributed by atoms with Crippen molar-refractivity contribution in [1.82, 2.24) is 10.2 Å². The predicted octanol–water partition coefficient (Wildman–Crippen LogP) is 3.64. The van der Waals surface area contributed by atoms with Crippen molar-refractivity contribution in [2.45, 2.75) is 52.7 Å². The molecule has 1 aromatic rings. The van der Waals surface area contributed by atoms with E-state index in [0.717, 1.165) is 6.54 Å². The number of carbonyl (C=O) groups excluding carboxylic acids is 1. The summed E-state index contributed by atoms with van der Waals surface area (Å²) in [5.41, 5.74) is 1.59. The van der Waals surface area contributed by atoms with Crippen molar-refractivity contribution in [2.24, 2.45) is 17.3 Å². The van der Waals surface area contributed by atoms with E-state index in [0.29, 0.717) is 17.3 Å². The predicted molar refractivity (Wildman–Crippen MR) is 87.0 cm³/mol. The van der Waals surface area contributed by atoms with Crippen molar-refractivity contribution in [3.05, 3.63) is 22.4 Å². The van der Waals surface area contributed by atoms with Gasteiger partial charge in [-0.15, -0.1) is 0 Å². The highest BCUT2D eigenvalue weighted by molar-refractivity contribution is 7.07. The van der Waals surface area contributed by atoms with E-state index < -0.39 is 0 Å². The highest BCUT2D eigenvalue weighted by Crippen LogP contribution is 2.53. The number of nitrogens with zero attached hydrogens (tertiary/aromatic N) is 1. The quantitative estimate of drug-likeness (QED) is 0.901. The molecule has 0 spiro atoms. The minimum Gasteiger partial charge on any atom is -0.321 e. The van der Waals surface area contributed by atoms with E-state index in [1.165, 1.54) is 18.4 Å². The Bertz CT molecular complexity index is 505. The zero-order valence-electron chi connectivity index (χ0n) is 13.4. The van der Waals surface area contributed by atoms with Gasteiger partial charge < -0.3 is 4.90 Å². The summed E-state index contributed by atoms with van der Waals surface area (Å²) in [6, 6.07) is 2.10. The van der Waals surface area contributed by atoms with Crippen LogP contribution in [0.2, 0.25) is 0 Å². The summed E-state index contributed by atoms with van der Waals surface area (Å²) < 4.78 is 0. The van der Waals surface area contributed by atoms with Crippen LogP contribution < -0.4 is 5.32 Å². The maximum Gasteiger partial charge on any atom is 0.241 e. The Hall–Kier alpha value is -0.870. The van der Waals surface area contributed by atoms with E-state index in [1.54, 1.807) is 11.3 Å². The summed E-state index contributed by atoms with van der Waals surface area (Å²) in [6.07, 6.45) is 2.58. The van der Waals surface area contributed by atoms with Crippen molar-refractivity contribution in [2.75, 3.05) is 6.54 Å². The van der Waals surface area contributed by atoms with Gasteiger partial charge in [-0.1, -0.05) is 27.7 Å². The smallest absolute Gasteiger partial charge is 0.241 e. The zero-order valence-corrected chi connectivity index (χ0v) is 14.2. The molecule has 3 rings (SSSR count). The fraction of sp³-hybridized carbons (Fsp3) is 0.706. The lowest BCUT2D eigenvalue weighted by atomic mass is 9.91. The Balaban J connectivity index is 1.85. The fourth-order valence-electron chi connectivity index (χ4n) is 3.41. The summed E-state index contributed by atoms with van der Waals surface area (Å²) in [7, 11) is 0. The van der Waals surface area contributed by atoms with Gasteiger partial charge in [0, 0.05) is 6.54 Å². The lowest BCUT2D eigenvalue weighted by Crippen LogP contribution is -2.38. The number of nitrogens with one attached hydrogen (secondary N) is 1. The molecule has 0 radical (unpaired) electrons. The van der Waals surface area contributed by atoms with Gasteiger partial charge in [0.15, 0.2) is 0 Å². The molecular weight excluding hydrogens is 280 g/mol. The summed E-state index contributed by atoms with van der Waals surface area (Å²) in [5.74, 6) is 1.26. The van der Waals surface area contributed by atoms with Crippen LogP contribution in [0.1, 0.15) is 52.3 Å². The fourth-order valence-corrected chi connectivity index (χ4v) is 4.09. The molecule has 2 unspecified atom stereocenters. The van der Waals surface area contributed by atoms with Gasteiger partial charge in [0.1, 0.15) is 6.17 Å². The van der Waals surface area contributed by atoms with Gasteiger partial charge in [-0.3, -0.25) is 10.1 Å². The number of amides is 1. The maximum absolute atomic E-state index is 12.8. The summed E-state index contributed by atoms with van der Waals surface area (Å²) in [4.78, 5) is 15.0. The summed E-state index contributed by atoms with van der Waals surface area (Å²) in [6.45, 7) is 9.74. The average molecular weight is 306 g/mol. The first-order valence-corrected chi connectivity index (χ1v) is 8.97. The van der Waals surface area contributed by atoms with Gasteiger partial charge in [0.2, 0.25) is 5.91 Å². The molecule has 4 heteroatoms. The first kappa shape index (κ1) is 15.0. The van der Waals surface area contributed by atoms with Crippen LogP contribution in [-0.4, -0.2) is 23.4 Å². The maximum atomic E-state index is 12.8. The minimum atomic E-state index is -0.0436. The van der Waals surface area contributed by atoms with Crippen LogP contribution in [0.4, 0.5) is 0 Å². The number of rotatable bonds is 5. The van der Waals surface area contributed by atoms with Gasteiger partial charge in [0.25, 0.3) is 0 Å². The van der Waals surface area contributed by atoms with Crippen LogP contribution in [0.5, 0.6) is 0 Å². The lowest BCUT2D eigenvalue weighted by Gasteiger charge is -2.30. The second-order valence-corrected chi connectivity index (χ2v) is 8.11.